The Morgan fingerprint density at radius 3 is 2.62 bits per heavy atom. The van der Waals surface area contributed by atoms with Crippen LogP contribution in [0.25, 0.3) is 0 Å². The minimum Gasteiger partial charge on any atom is -0.350 e. The number of aromatic nitrogens is 1. The van der Waals surface area contributed by atoms with Crippen molar-refractivity contribution in [3.05, 3.63) is 62.8 Å². The molecule has 0 radical (unpaired) electrons. The average molecular weight is 381 g/mol. The highest BCUT2D eigenvalue weighted by atomic mass is 35.5. The fourth-order valence-corrected chi connectivity index (χ4v) is 2.44. The van der Waals surface area contributed by atoms with Gasteiger partial charge in [-0.2, -0.15) is 0 Å². The summed E-state index contributed by atoms with van der Waals surface area (Å²) in [5.74, 6) is -0.889. The van der Waals surface area contributed by atoms with Crippen LogP contribution in [0, 0.1) is 12.7 Å². The fraction of sp³-hybridized carbons (Fsp3) is 0.235. The lowest BCUT2D eigenvalue weighted by atomic mass is 10.2. The summed E-state index contributed by atoms with van der Waals surface area (Å²) in [7, 11) is 1.43. The zero-order chi connectivity index (χ0) is 19.3. The van der Waals surface area contributed by atoms with E-state index in [2.05, 4.69) is 16.0 Å². The lowest BCUT2D eigenvalue weighted by Gasteiger charge is -2.13. The molecule has 1 heterocycles. The molecule has 0 bridgehead atoms. The quantitative estimate of drug-likeness (QED) is 0.741. The van der Waals surface area contributed by atoms with E-state index in [9.17, 15) is 18.8 Å². The number of anilines is 1. The summed E-state index contributed by atoms with van der Waals surface area (Å²) in [5.41, 5.74) is 0.681. The Labute approximate surface area is 154 Å². The molecule has 26 heavy (non-hydrogen) atoms. The normalized spacial score (nSPS) is 10.3. The maximum atomic E-state index is 13.0. The second kappa shape index (κ2) is 8.48. The van der Waals surface area contributed by atoms with Crippen molar-refractivity contribution in [2.24, 2.45) is 0 Å². The van der Waals surface area contributed by atoms with Crippen LogP contribution >= 0.6 is 11.6 Å². The number of nitrogens with zero attached hydrogens (tertiary/aromatic N) is 1. The van der Waals surface area contributed by atoms with Gasteiger partial charge in [0.2, 0.25) is 5.91 Å². The fourth-order valence-electron chi connectivity index (χ4n) is 2.21. The van der Waals surface area contributed by atoms with Crippen LogP contribution in [0.5, 0.6) is 0 Å². The Hall–Kier alpha value is -2.87. The molecule has 0 aliphatic heterocycles. The molecule has 7 nitrogen and oxygen atoms in total. The van der Waals surface area contributed by atoms with E-state index < -0.39 is 23.3 Å². The van der Waals surface area contributed by atoms with Crippen LogP contribution in [0.15, 0.2) is 35.1 Å². The molecule has 2 aromatic rings. The van der Waals surface area contributed by atoms with Gasteiger partial charge in [-0.3, -0.25) is 9.59 Å². The molecule has 0 saturated heterocycles. The van der Waals surface area contributed by atoms with Crippen molar-refractivity contribution in [3.8, 4) is 0 Å². The van der Waals surface area contributed by atoms with E-state index in [4.69, 9.17) is 11.6 Å². The van der Waals surface area contributed by atoms with Gasteiger partial charge in [0.25, 0.3) is 5.56 Å². The first-order valence-corrected chi connectivity index (χ1v) is 8.09. The molecular formula is C17H18ClFN4O3. The largest absolute Gasteiger partial charge is 0.350 e. The summed E-state index contributed by atoms with van der Waals surface area (Å²) < 4.78 is 14.3. The third kappa shape index (κ3) is 4.82. The molecule has 3 N–H and O–H groups in total. The van der Waals surface area contributed by atoms with Crippen LogP contribution in [-0.4, -0.2) is 23.6 Å². The number of carbonyl (C=O) groups is 2. The minimum atomic E-state index is -0.534. The number of halogens is 2. The standard InChI is InChI=1S/C17H18ClFN4O3/c1-10-3-6-14(22-17(26)20-2)16(25)23(10)9-15(24)21-8-11-4-5-12(19)7-13(11)18/h3-7H,8-9H2,1-2H3,(H,21,24)(H2,20,22,26). The summed E-state index contributed by atoms with van der Waals surface area (Å²) in [6, 6.07) is 6.44. The lowest BCUT2D eigenvalue weighted by Crippen LogP contribution is -2.35. The molecule has 1 aromatic heterocycles. The Kier molecular flexibility index (Phi) is 6.35. The number of aryl methyl sites for hydroxylation is 1. The zero-order valence-electron chi connectivity index (χ0n) is 14.2. The number of nitrogens with one attached hydrogen (secondary N) is 3. The first kappa shape index (κ1) is 19.5. The number of carbonyl (C=O) groups excluding carboxylic acids is 2. The zero-order valence-corrected chi connectivity index (χ0v) is 15.0. The lowest BCUT2D eigenvalue weighted by molar-refractivity contribution is -0.121. The number of pyridine rings is 1. The van der Waals surface area contributed by atoms with Crippen molar-refractivity contribution in [1.29, 1.82) is 0 Å². The first-order chi connectivity index (χ1) is 12.3. The summed E-state index contributed by atoms with van der Waals surface area (Å²) in [5, 5.41) is 7.58. The third-order valence-corrected chi connectivity index (χ3v) is 4.01. The molecular weight excluding hydrogens is 363 g/mol. The highest BCUT2D eigenvalue weighted by molar-refractivity contribution is 6.31. The Bertz CT molecular complexity index is 898. The SMILES string of the molecule is CNC(=O)Nc1ccc(C)n(CC(=O)NCc2ccc(F)cc2Cl)c1=O. The highest BCUT2D eigenvalue weighted by Gasteiger charge is 2.12. The third-order valence-electron chi connectivity index (χ3n) is 3.66. The van der Waals surface area contributed by atoms with E-state index in [1.165, 1.54) is 29.8 Å². The maximum Gasteiger partial charge on any atom is 0.319 e. The molecule has 0 aliphatic carbocycles. The van der Waals surface area contributed by atoms with Gasteiger partial charge in [-0.15, -0.1) is 0 Å². The Balaban J connectivity index is 2.09. The van der Waals surface area contributed by atoms with Crippen molar-refractivity contribution < 1.29 is 14.0 Å². The molecule has 0 saturated carbocycles. The summed E-state index contributed by atoms with van der Waals surface area (Å²) in [6.45, 7) is 1.55. The van der Waals surface area contributed by atoms with Gasteiger partial charge in [0.15, 0.2) is 0 Å². The van der Waals surface area contributed by atoms with Crippen molar-refractivity contribution in [2.45, 2.75) is 20.0 Å². The molecule has 0 spiro atoms. The monoisotopic (exact) mass is 380 g/mol. The van der Waals surface area contributed by atoms with E-state index >= 15 is 0 Å². The van der Waals surface area contributed by atoms with E-state index in [0.29, 0.717) is 11.3 Å². The van der Waals surface area contributed by atoms with Crippen LogP contribution in [0.2, 0.25) is 5.02 Å². The molecule has 9 heteroatoms. The second-order valence-corrected chi connectivity index (χ2v) is 5.90. The number of urea groups is 1. The Morgan fingerprint density at radius 2 is 1.96 bits per heavy atom. The molecule has 138 valence electrons. The highest BCUT2D eigenvalue weighted by Crippen LogP contribution is 2.16. The van der Waals surface area contributed by atoms with Crippen molar-refractivity contribution in [2.75, 3.05) is 12.4 Å². The van der Waals surface area contributed by atoms with Gasteiger partial charge in [0, 0.05) is 24.3 Å². The number of amides is 3. The average Bonchev–Trinajstić information content (AvgIpc) is 2.60. The van der Waals surface area contributed by atoms with Gasteiger partial charge in [0.05, 0.1) is 0 Å². The molecule has 2 rings (SSSR count). The summed E-state index contributed by atoms with van der Waals surface area (Å²) in [6.07, 6.45) is 0. The van der Waals surface area contributed by atoms with Crippen LogP contribution in [0.1, 0.15) is 11.3 Å². The number of hydrogen-bond acceptors (Lipinski definition) is 3. The van der Waals surface area contributed by atoms with Gasteiger partial charge in [0.1, 0.15) is 18.0 Å². The molecule has 0 atom stereocenters. The van der Waals surface area contributed by atoms with E-state index in [-0.39, 0.29) is 23.8 Å². The number of benzene rings is 1. The van der Waals surface area contributed by atoms with Gasteiger partial charge >= 0.3 is 6.03 Å². The summed E-state index contributed by atoms with van der Waals surface area (Å²) in [4.78, 5) is 36.0. The van der Waals surface area contributed by atoms with Crippen molar-refractivity contribution in [1.82, 2.24) is 15.2 Å². The first-order valence-electron chi connectivity index (χ1n) is 7.71. The second-order valence-electron chi connectivity index (χ2n) is 5.50. The van der Waals surface area contributed by atoms with Crippen molar-refractivity contribution >= 4 is 29.2 Å². The topological polar surface area (TPSA) is 92.2 Å². The number of rotatable bonds is 5. The Morgan fingerprint density at radius 1 is 1.23 bits per heavy atom. The molecule has 0 fully saturated rings. The predicted octanol–water partition coefficient (Wildman–Crippen LogP) is 2.02. The van der Waals surface area contributed by atoms with Gasteiger partial charge < -0.3 is 20.5 Å². The van der Waals surface area contributed by atoms with E-state index in [0.717, 1.165) is 6.07 Å². The molecule has 0 unspecified atom stereocenters. The van der Waals surface area contributed by atoms with Gasteiger partial charge in [-0.05, 0) is 36.8 Å². The smallest absolute Gasteiger partial charge is 0.319 e. The van der Waals surface area contributed by atoms with Gasteiger partial charge in [-0.25, -0.2) is 9.18 Å². The van der Waals surface area contributed by atoms with Crippen LogP contribution in [-0.2, 0) is 17.9 Å². The van der Waals surface area contributed by atoms with Crippen LogP contribution in [0.4, 0.5) is 14.9 Å². The van der Waals surface area contributed by atoms with Gasteiger partial charge in [-0.1, -0.05) is 17.7 Å². The van der Waals surface area contributed by atoms with Crippen molar-refractivity contribution in [3.63, 3.8) is 0 Å². The summed E-state index contributed by atoms with van der Waals surface area (Å²) >= 11 is 5.91. The minimum absolute atomic E-state index is 0.0596. The van der Waals surface area contributed by atoms with Crippen LogP contribution in [0.3, 0.4) is 0 Å². The molecule has 3 amide bonds. The predicted molar refractivity (Wildman–Crippen MR) is 96.8 cm³/mol. The van der Waals surface area contributed by atoms with E-state index in [1.54, 1.807) is 13.0 Å². The maximum absolute atomic E-state index is 13.0. The van der Waals surface area contributed by atoms with E-state index in [1.807, 2.05) is 0 Å². The molecule has 1 aromatic carbocycles. The van der Waals surface area contributed by atoms with Crippen LogP contribution < -0.4 is 21.5 Å². The number of hydrogen-bond donors (Lipinski definition) is 3. The molecule has 0 aliphatic rings.